The molecule has 3 aromatic rings. The summed E-state index contributed by atoms with van der Waals surface area (Å²) in [6.45, 7) is -0.00507. The number of guanidine groups is 1. The summed E-state index contributed by atoms with van der Waals surface area (Å²) in [5.74, 6) is -3.08. The minimum atomic E-state index is -4.66. The molecule has 0 spiro atoms. The summed E-state index contributed by atoms with van der Waals surface area (Å²) in [6.07, 6.45) is -4.66. The molecule has 1 heterocycles. The molecule has 0 bridgehead atoms. The number of hydrogen-bond acceptors (Lipinski definition) is 2. The SMILES string of the molecule is Fc1ccc(CN/C(=N/c2ccc(F)c(F)c2)Nc2cc(C(F)(F)F)n[nH]2)c(Cl)c1. The van der Waals surface area contributed by atoms with E-state index in [9.17, 15) is 26.3 Å². The lowest BCUT2D eigenvalue weighted by Crippen LogP contribution is -2.30. The van der Waals surface area contributed by atoms with Crippen molar-refractivity contribution in [1.29, 1.82) is 0 Å². The zero-order chi connectivity index (χ0) is 21.9. The van der Waals surface area contributed by atoms with Crippen molar-refractivity contribution < 1.29 is 26.3 Å². The predicted octanol–water partition coefficient (Wildman–Crippen LogP) is 5.39. The average Bonchev–Trinajstić information content (AvgIpc) is 3.13. The molecule has 0 unspecified atom stereocenters. The maximum atomic E-state index is 13.5. The molecule has 0 radical (unpaired) electrons. The molecule has 2 aromatic carbocycles. The number of nitrogens with one attached hydrogen (secondary N) is 3. The van der Waals surface area contributed by atoms with E-state index >= 15 is 0 Å². The van der Waals surface area contributed by atoms with E-state index in [-0.39, 0.29) is 29.0 Å². The van der Waals surface area contributed by atoms with Crippen molar-refractivity contribution >= 4 is 29.1 Å². The fraction of sp³-hybridized carbons (Fsp3) is 0.111. The van der Waals surface area contributed by atoms with E-state index in [1.54, 1.807) is 0 Å². The molecule has 0 aliphatic heterocycles. The third-order valence-corrected chi connectivity index (χ3v) is 4.08. The van der Waals surface area contributed by atoms with Gasteiger partial charge in [0.25, 0.3) is 0 Å². The van der Waals surface area contributed by atoms with Crippen LogP contribution in [0.4, 0.5) is 37.8 Å². The van der Waals surface area contributed by atoms with Crippen molar-refractivity contribution in [2.75, 3.05) is 5.32 Å². The normalized spacial score (nSPS) is 12.2. The molecule has 0 saturated carbocycles. The number of aliphatic imine (C=N–C) groups is 1. The summed E-state index contributed by atoms with van der Waals surface area (Å²) in [5, 5.41) is 10.7. The molecule has 0 fully saturated rings. The molecular formula is C18H12ClF6N5. The minimum absolute atomic E-state index is 0.00507. The highest BCUT2D eigenvalue weighted by Gasteiger charge is 2.34. The Hall–Kier alpha value is -3.21. The molecule has 5 nitrogen and oxygen atoms in total. The van der Waals surface area contributed by atoms with E-state index < -0.39 is 29.3 Å². The van der Waals surface area contributed by atoms with Gasteiger partial charge >= 0.3 is 6.18 Å². The van der Waals surface area contributed by atoms with Gasteiger partial charge in [-0.2, -0.15) is 18.3 Å². The van der Waals surface area contributed by atoms with Crippen molar-refractivity contribution in [1.82, 2.24) is 15.5 Å². The third-order valence-electron chi connectivity index (χ3n) is 3.73. The Labute approximate surface area is 170 Å². The molecule has 0 atom stereocenters. The van der Waals surface area contributed by atoms with Crippen LogP contribution in [0.1, 0.15) is 11.3 Å². The number of halogens is 7. The number of aromatic nitrogens is 2. The van der Waals surface area contributed by atoms with Crippen LogP contribution >= 0.6 is 11.6 Å². The van der Waals surface area contributed by atoms with E-state index in [1.807, 2.05) is 0 Å². The molecule has 0 aliphatic carbocycles. The van der Waals surface area contributed by atoms with Gasteiger partial charge in [-0.05, 0) is 29.8 Å². The van der Waals surface area contributed by atoms with Gasteiger partial charge in [-0.25, -0.2) is 18.2 Å². The average molecular weight is 448 g/mol. The van der Waals surface area contributed by atoms with Crippen LogP contribution < -0.4 is 10.6 Å². The van der Waals surface area contributed by atoms with Crippen LogP contribution in [-0.2, 0) is 12.7 Å². The number of H-pyrrole nitrogens is 1. The summed E-state index contributed by atoms with van der Waals surface area (Å²) >= 11 is 5.95. The van der Waals surface area contributed by atoms with E-state index in [4.69, 9.17) is 11.6 Å². The van der Waals surface area contributed by atoms with Gasteiger partial charge in [-0.15, -0.1) is 0 Å². The van der Waals surface area contributed by atoms with E-state index in [2.05, 4.69) is 25.8 Å². The minimum Gasteiger partial charge on any atom is -0.352 e. The first kappa shape index (κ1) is 21.5. The second kappa shape index (κ2) is 8.66. The van der Waals surface area contributed by atoms with Crippen LogP contribution in [-0.4, -0.2) is 16.2 Å². The van der Waals surface area contributed by atoms with Crippen LogP contribution in [0.25, 0.3) is 0 Å². The van der Waals surface area contributed by atoms with Crippen LogP contribution in [0.15, 0.2) is 47.5 Å². The Morgan fingerprint density at radius 1 is 1.03 bits per heavy atom. The van der Waals surface area contributed by atoms with E-state index in [1.165, 1.54) is 18.2 Å². The summed E-state index contributed by atoms with van der Waals surface area (Å²) < 4.78 is 78.0. The maximum Gasteiger partial charge on any atom is 0.435 e. The Morgan fingerprint density at radius 3 is 2.43 bits per heavy atom. The highest BCUT2D eigenvalue weighted by atomic mass is 35.5. The summed E-state index contributed by atoms with van der Waals surface area (Å²) in [7, 11) is 0. The first-order chi connectivity index (χ1) is 14.1. The molecule has 0 saturated heterocycles. The molecule has 3 N–H and O–H groups in total. The molecule has 12 heteroatoms. The lowest BCUT2D eigenvalue weighted by atomic mass is 10.2. The van der Waals surface area contributed by atoms with Gasteiger partial charge in [-0.1, -0.05) is 17.7 Å². The zero-order valence-electron chi connectivity index (χ0n) is 14.8. The molecule has 0 amide bonds. The Morgan fingerprint density at radius 2 is 1.80 bits per heavy atom. The molecular weight excluding hydrogens is 436 g/mol. The second-order valence-corrected chi connectivity index (χ2v) is 6.34. The van der Waals surface area contributed by atoms with Crippen LogP contribution in [0.2, 0.25) is 5.02 Å². The maximum absolute atomic E-state index is 13.5. The summed E-state index contributed by atoms with van der Waals surface area (Å²) in [4.78, 5) is 4.03. The lowest BCUT2D eigenvalue weighted by Gasteiger charge is -2.12. The Bertz CT molecular complexity index is 1080. The van der Waals surface area contributed by atoms with Gasteiger partial charge < -0.3 is 10.6 Å². The number of benzene rings is 2. The molecule has 158 valence electrons. The molecule has 3 rings (SSSR count). The monoisotopic (exact) mass is 447 g/mol. The largest absolute Gasteiger partial charge is 0.435 e. The van der Waals surface area contributed by atoms with Crippen molar-refractivity contribution in [3.8, 4) is 0 Å². The molecule has 1 aromatic heterocycles. The number of rotatable bonds is 4. The first-order valence-electron chi connectivity index (χ1n) is 8.23. The van der Waals surface area contributed by atoms with E-state index in [0.29, 0.717) is 11.6 Å². The fourth-order valence-corrected chi connectivity index (χ4v) is 2.53. The fourth-order valence-electron chi connectivity index (χ4n) is 2.30. The third kappa shape index (κ3) is 5.44. The lowest BCUT2D eigenvalue weighted by molar-refractivity contribution is -0.141. The summed E-state index contributed by atoms with van der Waals surface area (Å²) in [6, 6.07) is 7.18. The predicted molar refractivity (Wildman–Crippen MR) is 98.9 cm³/mol. The van der Waals surface area contributed by atoms with Crippen LogP contribution in [0, 0.1) is 17.5 Å². The Kier molecular flexibility index (Phi) is 6.20. The van der Waals surface area contributed by atoms with Gasteiger partial charge in [0.1, 0.15) is 11.6 Å². The topological polar surface area (TPSA) is 65.1 Å². The Balaban J connectivity index is 1.86. The zero-order valence-corrected chi connectivity index (χ0v) is 15.5. The quantitative estimate of drug-likeness (QED) is 0.285. The van der Waals surface area contributed by atoms with Crippen molar-refractivity contribution in [3.05, 3.63) is 76.2 Å². The van der Waals surface area contributed by atoms with Gasteiger partial charge in [0.05, 0.1) is 5.69 Å². The van der Waals surface area contributed by atoms with Crippen LogP contribution in [0.3, 0.4) is 0 Å². The standard InChI is InChI=1S/C18H12ClF6N5/c19-12-5-10(20)2-1-9(12)8-26-17(27-11-3-4-13(21)14(22)6-11)28-16-7-15(29-30-16)18(23,24)25/h1-7H,8H2,(H3,26,27,28,29,30). The number of nitrogens with zero attached hydrogens (tertiary/aromatic N) is 2. The molecule has 0 aliphatic rings. The number of anilines is 1. The molecule has 30 heavy (non-hydrogen) atoms. The second-order valence-electron chi connectivity index (χ2n) is 5.94. The van der Waals surface area contributed by atoms with Crippen LogP contribution in [0.5, 0.6) is 0 Å². The van der Waals surface area contributed by atoms with Crippen molar-refractivity contribution in [3.63, 3.8) is 0 Å². The number of aromatic amines is 1. The van der Waals surface area contributed by atoms with Gasteiger partial charge in [0.15, 0.2) is 17.3 Å². The van der Waals surface area contributed by atoms with E-state index in [0.717, 1.165) is 18.2 Å². The highest BCUT2D eigenvalue weighted by Crippen LogP contribution is 2.28. The van der Waals surface area contributed by atoms with Gasteiger partial charge in [0.2, 0.25) is 5.96 Å². The number of hydrogen-bond donors (Lipinski definition) is 3. The van der Waals surface area contributed by atoms with Gasteiger partial charge in [-0.3, -0.25) is 5.10 Å². The van der Waals surface area contributed by atoms with Crippen molar-refractivity contribution in [2.24, 2.45) is 4.99 Å². The van der Waals surface area contributed by atoms with Crippen molar-refractivity contribution in [2.45, 2.75) is 12.7 Å². The highest BCUT2D eigenvalue weighted by molar-refractivity contribution is 6.31. The first-order valence-corrected chi connectivity index (χ1v) is 8.61. The smallest absolute Gasteiger partial charge is 0.352 e. The van der Waals surface area contributed by atoms with Gasteiger partial charge in [0, 0.05) is 23.7 Å². The number of alkyl halides is 3. The summed E-state index contributed by atoms with van der Waals surface area (Å²) in [5.41, 5.74) is -0.734.